The molecule has 0 spiro atoms. The van der Waals surface area contributed by atoms with E-state index < -0.39 is 12.0 Å². The summed E-state index contributed by atoms with van der Waals surface area (Å²) in [4.78, 5) is 23.2. The van der Waals surface area contributed by atoms with Gasteiger partial charge in [0.15, 0.2) is 5.78 Å². The van der Waals surface area contributed by atoms with E-state index >= 15 is 0 Å². The Morgan fingerprint density at radius 2 is 1.74 bits per heavy atom. The summed E-state index contributed by atoms with van der Waals surface area (Å²) in [5.74, 6) is -1.20. The maximum absolute atomic E-state index is 11.9. The van der Waals surface area contributed by atoms with E-state index in [1.54, 1.807) is 24.3 Å². The van der Waals surface area contributed by atoms with E-state index in [1.807, 2.05) is 30.3 Å². The van der Waals surface area contributed by atoms with Gasteiger partial charge in [0.2, 0.25) is 0 Å². The topological polar surface area (TPSA) is 66.4 Å². The highest BCUT2D eigenvalue weighted by molar-refractivity contribution is 6.30. The van der Waals surface area contributed by atoms with Gasteiger partial charge in [-0.25, -0.2) is 4.79 Å². The molecule has 0 saturated carbocycles. The number of rotatable bonds is 7. The Hall–Kier alpha value is -2.59. The first-order valence-corrected chi connectivity index (χ1v) is 7.43. The fourth-order valence-corrected chi connectivity index (χ4v) is 2.14. The number of halogens is 1. The molecule has 0 amide bonds. The zero-order chi connectivity index (χ0) is 16.7. The molecule has 118 valence electrons. The van der Waals surface area contributed by atoms with Crippen LogP contribution in [0.1, 0.15) is 15.9 Å². The van der Waals surface area contributed by atoms with Gasteiger partial charge in [-0.1, -0.05) is 41.9 Å². The minimum Gasteiger partial charge on any atom is -0.480 e. The van der Waals surface area contributed by atoms with Gasteiger partial charge in [0, 0.05) is 29.3 Å². The van der Waals surface area contributed by atoms with E-state index in [4.69, 9.17) is 11.6 Å². The molecule has 0 saturated heterocycles. The van der Waals surface area contributed by atoms with Crippen LogP contribution in [-0.2, 0) is 11.2 Å². The van der Waals surface area contributed by atoms with Crippen molar-refractivity contribution in [3.63, 3.8) is 0 Å². The van der Waals surface area contributed by atoms with Gasteiger partial charge in [-0.3, -0.25) is 4.79 Å². The molecule has 0 aliphatic carbocycles. The van der Waals surface area contributed by atoms with Crippen LogP contribution in [0.4, 0.5) is 0 Å². The van der Waals surface area contributed by atoms with E-state index in [0.717, 1.165) is 5.56 Å². The first-order valence-electron chi connectivity index (χ1n) is 7.05. The Morgan fingerprint density at radius 3 is 2.35 bits per heavy atom. The number of hydrogen-bond donors (Lipinski definition) is 2. The van der Waals surface area contributed by atoms with Crippen LogP contribution in [0, 0.1) is 0 Å². The standard InChI is InChI=1S/C18H16ClNO3/c19-15-8-6-14(7-9-15)17(21)10-11-20-16(18(22)23)12-13-4-2-1-3-5-13/h1-11,16,20H,12H2,(H,22,23)/b11-10-/t16-/m0/s1. The highest BCUT2D eigenvalue weighted by atomic mass is 35.5. The molecule has 0 fully saturated rings. The van der Waals surface area contributed by atoms with E-state index in [0.29, 0.717) is 17.0 Å². The summed E-state index contributed by atoms with van der Waals surface area (Å²) >= 11 is 5.77. The fraction of sp³-hybridized carbons (Fsp3) is 0.111. The smallest absolute Gasteiger partial charge is 0.326 e. The van der Waals surface area contributed by atoms with Crippen molar-refractivity contribution in [1.29, 1.82) is 0 Å². The molecule has 1 atom stereocenters. The van der Waals surface area contributed by atoms with Gasteiger partial charge in [0.25, 0.3) is 0 Å². The van der Waals surface area contributed by atoms with Gasteiger partial charge in [-0.15, -0.1) is 0 Å². The minimum atomic E-state index is -0.975. The van der Waals surface area contributed by atoms with Crippen LogP contribution in [0.5, 0.6) is 0 Å². The number of nitrogens with one attached hydrogen (secondary N) is 1. The summed E-state index contributed by atoms with van der Waals surface area (Å²) in [5.41, 5.74) is 1.40. The zero-order valence-electron chi connectivity index (χ0n) is 12.3. The maximum atomic E-state index is 11.9. The number of ketones is 1. The minimum absolute atomic E-state index is 0.224. The molecule has 2 rings (SSSR count). The van der Waals surface area contributed by atoms with E-state index in [-0.39, 0.29) is 5.78 Å². The van der Waals surface area contributed by atoms with Gasteiger partial charge >= 0.3 is 5.97 Å². The molecule has 2 aromatic rings. The number of carboxylic acid groups (broad SMARTS) is 1. The first kappa shape index (κ1) is 16.8. The third-order valence-corrected chi connectivity index (χ3v) is 3.49. The van der Waals surface area contributed by atoms with Gasteiger partial charge in [-0.05, 0) is 29.8 Å². The number of aliphatic carboxylic acids is 1. The van der Waals surface area contributed by atoms with Gasteiger partial charge < -0.3 is 10.4 Å². The van der Waals surface area contributed by atoms with Crippen molar-refractivity contribution in [3.8, 4) is 0 Å². The molecule has 0 bridgehead atoms. The van der Waals surface area contributed by atoms with Crippen LogP contribution in [-0.4, -0.2) is 22.9 Å². The Bertz CT molecular complexity index is 696. The van der Waals surface area contributed by atoms with Gasteiger partial charge in [0.05, 0.1) is 0 Å². The normalized spacial score (nSPS) is 12.0. The van der Waals surface area contributed by atoms with Crippen LogP contribution in [0.3, 0.4) is 0 Å². The fourth-order valence-electron chi connectivity index (χ4n) is 2.02. The molecule has 0 aromatic heterocycles. The molecule has 0 heterocycles. The second-order valence-corrected chi connectivity index (χ2v) is 5.39. The lowest BCUT2D eigenvalue weighted by molar-refractivity contribution is -0.139. The summed E-state index contributed by atoms with van der Waals surface area (Å²) in [5, 5.41) is 12.6. The van der Waals surface area contributed by atoms with Crippen molar-refractivity contribution >= 4 is 23.4 Å². The summed E-state index contributed by atoms with van der Waals surface area (Å²) in [6.45, 7) is 0. The monoisotopic (exact) mass is 329 g/mol. The molecule has 2 N–H and O–H groups in total. The van der Waals surface area contributed by atoms with Crippen LogP contribution >= 0.6 is 11.6 Å². The second kappa shape index (κ2) is 8.15. The molecule has 4 nitrogen and oxygen atoms in total. The predicted octanol–water partition coefficient (Wildman–Crippen LogP) is 3.32. The number of carbonyl (C=O) groups is 2. The molecule has 0 unspecified atom stereocenters. The Kier molecular flexibility index (Phi) is 5.94. The average molecular weight is 330 g/mol. The molecule has 23 heavy (non-hydrogen) atoms. The molecule has 0 aliphatic heterocycles. The van der Waals surface area contributed by atoms with Crippen molar-refractivity contribution in [2.75, 3.05) is 0 Å². The van der Waals surface area contributed by atoms with Crippen LogP contribution in [0.25, 0.3) is 0 Å². The molecule has 2 aromatic carbocycles. The number of carbonyl (C=O) groups excluding carboxylic acids is 1. The Morgan fingerprint density at radius 1 is 1.09 bits per heavy atom. The Balaban J connectivity index is 1.96. The van der Waals surface area contributed by atoms with Crippen molar-refractivity contribution in [1.82, 2.24) is 5.32 Å². The average Bonchev–Trinajstić information content (AvgIpc) is 2.55. The number of allylic oxidation sites excluding steroid dienone is 1. The summed E-state index contributed by atoms with van der Waals surface area (Å²) in [6.07, 6.45) is 3.01. The zero-order valence-corrected chi connectivity index (χ0v) is 13.0. The lowest BCUT2D eigenvalue weighted by atomic mass is 10.1. The number of hydrogen-bond acceptors (Lipinski definition) is 3. The predicted molar refractivity (Wildman–Crippen MR) is 89.6 cm³/mol. The highest BCUT2D eigenvalue weighted by Crippen LogP contribution is 2.10. The van der Waals surface area contributed by atoms with Crippen molar-refractivity contribution in [2.45, 2.75) is 12.5 Å². The van der Waals surface area contributed by atoms with Crippen LogP contribution < -0.4 is 5.32 Å². The molecule has 5 heteroatoms. The van der Waals surface area contributed by atoms with Crippen LogP contribution in [0.2, 0.25) is 5.02 Å². The quantitative estimate of drug-likeness (QED) is 0.604. The third-order valence-electron chi connectivity index (χ3n) is 3.24. The van der Waals surface area contributed by atoms with Crippen molar-refractivity contribution in [2.24, 2.45) is 0 Å². The first-order chi connectivity index (χ1) is 11.1. The number of carboxylic acids is 1. The van der Waals surface area contributed by atoms with E-state index in [1.165, 1.54) is 12.3 Å². The van der Waals surface area contributed by atoms with Crippen molar-refractivity contribution < 1.29 is 14.7 Å². The van der Waals surface area contributed by atoms with Gasteiger partial charge in [0.1, 0.15) is 6.04 Å². The van der Waals surface area contributed by atoms with Crippen LogP contribution in [0.15, 0.2) is 66.9 Å². The summed E-state index contributed by atoms with van der Waals surface area (Å²) in [7, 11) is 0. The summed E-state index contributed by atoms with van der Waals surface area (Å²) in [6, 6.07) is 15.0. The number of benzene rings is 2. The lowest BCUT2D eigenvalue weighted by Crippen LogP contribution is -2.35. The highest BCUT2D eigenvalue weighted by Gasteiger charge is 2.15. The van der Waals surface area contributed by atoms with Crippen molar-refractivity contribution in [3.05, 3.63) is 83.0 Å². The van der Waals surface area contributed by atoms with E-state index in [2.05, 4.69) is 5.32 Å². The van der Waals surface area contributed by atoms with Gasteiger partial charge in [-0.2, -0.15) is 0 Å². The molecule has 0 aliphatic rings. The lowest BCUT2D eigenvalue weighted by Gasteiger charge is -2.12. The molecule has 0 radical (unpaired) electrons. The molecular weight excluding hydrogens is 314 g/mol. The second-order valence-electron chi connectivity index (χ2n) is 4.95. The molecular formula is C18H16ClNO3. The Labute approximate surface area is 139 Å². The largest absolute Gasteiger partial charge is 0.480 e. The maximum Gasteiger partial charge on any atom is 0.326 e. The third kappa shape index (κ3) is 5.27. The van der Waals surface area contributed by atoms with E-state index in [9.17, 15) is 14.7 Å². The summed E-state index contributed by atoms with van der Waals surface area (Å²) < 4.78 is 0. The SMILES string of the molecule is O=C(/C=C\N[C@@H](Cc1ccccc1)C(=O)O)c1ccc(Cl)cc1.